The fourth-order valence-corrected chi connectivity index (χ4v) is 3.93. The Hall–Kier alpha value is -1.51. The molecule has 0 unspecified atom stereocenters. The average molecular weight is 274 g/mol. The largest absolute Gasteiger partial charge is 0.469 e. The Kier molecular flexibility index (Phi) is 3.03. The monoisotopic (exact) mass is 274 g/mol. The molecule has 1 fully saturated rings. The molecule has 0 N–H and O–H groups in total. The van der Waals surface area contributed by atoms with Crippen molar-refractivity contribution < 1.29 is 13.9 Å². The lowest BCUT2D eigenvalue weighted by Gasteiger charge is -2.47. The number of fused-ring (bicyclic) bond motifs is 2. The van der Waals surface area contributed by atoms with Crippen molar-refractivity contribution in [3.05, 3.63) is 35.3 Å². The highest BCUT2D eigenvalue weighted by Crippen LogP contribution is 2.51. The minimum absolute atomic E-state index is 0.112. The second kappa shape index (κ2) is 4.51. The summed E-state index contributed by atoms with van der Waals surface area (Å²) in [5, 5.41) is 0. The topological polar surface area (TPSA) is 39.4 Å². The van der Waals surface area contributed by atoms with Crippen molar-refractivity contribution in [3.8, 4) is 0 Å². The summed E-state index contributed by atoms with van der Waals surface area (Å²) in [5.41, 5.74) is 3.83. The Morgan fingerprint density at radius 3 is 3.00 bits per heavy atom. The SMILES string of the molecule is C=C1[C@H](OC(C)=O)CC[C@]2(C)Cc3occ(C)c3C[C@@H]12. The summed E-state index contributed by atoms with van der Waals surface area (Å²) >= 11 is 0. The van der Waals surface area contributed by atoms with Crippen LogP contribution in [0.1, 0.15) is 43.6 Å². The van der Waals surface area contributed by atoms with Gasteiger partial charge in [-0.05, 0) is 54.2 Å². The molecule has 3 atom stereocenters. The van der Waals surface area contributed by atoms with Gasteiger partial charge in [-0.15, -0.1) is 0 Å². The molecule has 2 aliphatic rings. The van der Waals surface area contributed by atoms with Gasteiger partial charge in [-0.3, -0.25) is 4.79 Å². The van der Waals surface area contributed by atoms with Gasteiger partial charge in [0.25, 0.3) is 0 Å². The van der Waals surface area contributed by atoms with Gasteiger partial charge in [-0.1, -0.05) is 13.5 Å². The molecule has 1 saturated carbocycles. The Morgan fingerprint density at radius 2 is 2.30 bits per heavy atom. The van der Waals surface area contributed by atoms with E-state index in [0.29, 0.717) is 5.92 Å². The molecule has 2 aliphatic carbocycles. The van der Waals surface area contributed by atoms with E-state index in [4.69, 9.17) is 9.15 Å². The maximum absolute atomic E-state index is 11.2. The number of furan rings is 1. The van der Waals surface area contributed by atoms with Gasteiger partial charge in [0.2, 0.25) is 0 Å². The summed E-state index contributed by atoms with van der Waals surface area (Å²) in [7, 11) is 0. The van der Waals surface area contributed by atoms with Crippen molar-refractivity contribution in [2.45, 2.75) is 52.6 Å². The summed E-state index contributed by atoms with van der Waals surface area (Å²) in [5.74, 6) is 1.31. The predicted molar refractivity (Wildman–Crippen MR) is 76.4 cm³/mol. The van der Waals surface area contributed by atoms with Gasteiger partial charge in [0.15, 0.2) is 0 Å². The number of ether oxygens (including phenoxy) is 1. The van der Waals surface area contributed by atoms with E-state index >= 15 is 0 Å². The molecule has 0 amide bonds. The first kappa shape index (κ1) is 13.5. The normalized spacial score (nSPS) is 32.5. The zero-order valence-corrected chi connectivity index (χ0v) is 12.5. The summed E-state index contributed by atoms with van der Waals surface area (Å²) in [4.78, 5) is 11.2. The molecule has 1 aromatic heterocycles. The Bertz CT molecular complexity index is 569. The van der Waals surface area contributed by atoms with Crippen LogP contribution in [0.2, 0.25) is 0 Å². The third-order valence-electron chi connectivity index (χ3n) is 5.15. The number of hydrogen-bond donors (Lipinski definition) is 0. The number of esters is 1. The van der Waals surface area contributed by atoms with Crippen molar-refractivity contribution in [3.63, 3.8) is 0 Å². The second-order valence-corrected chi connectivity index (χ2v) is 6.62. The third kappa shape index (κ3) is 2.00. The van der Waals surface area contributed by atoms with Crippen LogP contribution in [0.25, 0.3) is 0 Å². The van der Waals surface area contributed by atoms with E-state index in [0.717, 1.165) is 37.0 Å². The van der Waals surface area contributed by atoms with Crippen LogP contribution in [-0.2, 0) is 22.4 Å². The lowest BCUT2D eigenvalue weighted by Crippen LogP contribution is -2.44. The highest BCUT2D eigenvalue weighted by atomic mass is 16.5. The summed E-state index contributed by atoms with van der Waals surface area (Å²) < 4.78 is 11.1. The van der Waals surface area contributed by atoms with E-state index in [-0.39, 0.29) is 17.5 Å². The summed E-state index contributed by atoms with van der Waals surface area (Å²) in [6.07, 6.45) is 5.60. The third-order valence-corrected chi connectivity index (χ3v) is 5.15. The molecule has 3 heteroatoms. The van der Waals surface area contributed by atoms with Crippen LogP contribution in [0.4, 0.5) is 0 Å². The van der Waals surface area contributed by atoms with Crippen molar-refractivity contribution >= 4 is 5.97 Å². The van der Waals surface area contributed by atoms with Crippen LogP contribution in [0.3, 0.4) is 0 Å². The first-order chi connectivity index (χ1) is 9.40. The molecule has 0 radical (unpaired) electrons. The van der Waals surface area contributed by atoms with Crippen LogP contribution in [0.5, 0.6) is 0 Å². The first-order valence-electron chi connectivity index (χ1n) is 7.32. The van der Waals surface area contributed by atoms with Gasteiger partial charge in [0.05, 0.1) is 6.26 Å². The molecular formula is C17H22O3. The summed E-state index contributed by atoms with van der Waals surface area (Å²) in [6, 6.07) is 0. The molecule has 0 bridgehead atoms. The Morgan fingerprint density at radius 1 is 1.55 bits per heavy atom. The second-order valence-electron chi connectivity index (χ2n) is 6.62. The Balaban J connectivity index is 1.90. The molecule has 1 aromatic rings. The lowest BCUT2D eigenvalue weighted by molar-refractivity contribution is -0.146. The number of rotatable bonds is 1. The summed E-state index contributed by atoms with van der Waals surface area (Å²) in [6.45, 7) is 10.1. The molecule has 108 valence electrons. The van der Waals surface area contributed by atoms with Gasteiger partial charge in [-0.25, -0.2) is 0 Å². The van der Waals surface area contributed by atoms with E-state index in [9.17, 15) is 4.79 Å². The van der Waals surface area contributed by atoms with E-state index in [1.165, 1.54) is 18.1 Å². The molecular weight excluding hydrogens is 252 g/mol. The fourth-order valence-electron chi connectivity index (χ4n) is 3.93. The van der Waals surface area contributed by atoms with Gasteiger partial charge in [0, 0.05) is 13.3 Å². The number of hydrogen-bond acceptors (Lipinski definition) is 3. The maximum atomic E-state index is 11.2. The zero-order valence-electron chi connectivity index (χ0n) is 12.5. The van der Waals surface area contributed by atoms with E-state index in [1.807, 2.05) is 6.26 Å². The highest BCUT2D eigenvalue weighted by Gasteiger charge is 2.47. The van der Waals surface area contributed by atoms with Gasteiger partial charge < -0.3 is 9.15 Å². The van der Waals surface area contributed by atoms with E-state index < -0.39 is 0 Å². The van der Waals surface area contributed by atoms with Crippen molar-refractivity contribution in [1.29, 1.82) is 0 Å². The van der Waals surface area contributed by atoms with E-state index in [1.54, 1.807) is 0 Å². The van der Waals surface area contributed by atoms with Gasteiger partial charge in [0.1, 0.15) is 11.9 Å². The predicted octanol–water partition coefficient (Wildman–Crippen LogP) is 3.59. The fraction of sp³-hybridized carbons (Fsp3) is 0.588. The number of aryl methyl sites for hydroxylation is 1. The van der Waals surface area contributed by atoms with E-state index in [2.05, 4.69) is 20.4 Å². The molecule has 0 aliphatic heterocycles. The van der Waals surface area contributed by atoms with Crippen molar-refractivity contribution in [2.24, 2.45) is 11.3 Å². The molecule has 0 spiro atoms. The quantitative estimate of drug-likeness (QED) is 0.580. The van der Waals surface area contributed by atoms with Gasteiger partial charge >= 0.3 is 5.97 Å². The van der Waals surface area contributed by atoms with Crippen LogP contribution >= 0.6 is 0 Å². The standard InChI is InChI=1S/C17H22O3/c1-10-9-19-16-8-17(4)6-5-15(20-12(3)18)11(2)14(17)7-13(10)16/h9,14-15H,2,5-8H2,1,3-4H3/t14-,15+,17+/m0/s1. The molecule has 0 saturated heterocycles. The Labute approximate surface area is 120 Å². The minimum atomic E-state index is -0.212. The van der Waals surface area contributed by atoms with Crippen LogP contribution in [0, 0.1) is 18.3 Å². The van der Waals surface area contributed by atoms with Crippen LogP contribution in [-0.4, -0.2) is 12.1 Å². The molecule has 3 nitrogen and oxygen atoms in total. The molecule has 0 aromatic carbocycles. The maximum Gasteiger partial charge on any atom is 0.303 e. The van der Waals surface area contributed by atoms with Crippen LogP contribution < -0.4 is 0 Å². The molecule has 20 heavy (non-hydrogen) atoms. The lowest BCUT2D eigenvalue weighted by atomic mass is 9.58. The number of carbonyl (C=O) groups is 1. The minimum Gasteiger partial charge on any atom is -0.469 e. The molecule has 3 rings (SSSR count). The highest BCUT2D eigenvalue weighted by molar-refractivity contribution is 5.66. The van der Waals surface area contributed by atoms with Crippen molar-refractivity contribution in [2.75, 3.05) is 0 Å². The smallest absolute Gasteiger partial charge is 0.303 e. The van der Waals surface area contributed by atoms with Crippen LogP contribution in [0.15, 0.2) is 22.8 Å². The average Bonchev–Trinajstić information content (AvgIpc) is 2.72. The van der Waals surface area contributed by atoms with Gasteiger partial charge in [-0.2, -0.15) is 0 Å². The zero-order chi connectivity index (χ0) is 14.5. The molecule has 1 heterocycles. The number of carbonyl (C=O) groups excluding carboxylic acids is 1. The van der Waals surface area contributed by atoms with Crippen molar-refractivity contribution in [1.82, 2.24) is 0 Å². The first-order valence-corrected chi connectivity index (χ1v) is 7.32.